The number of benzene rings is 2. The van der Waals surface area contributed by atoms with Gasteiger partial charge in [-0.05, 0) is 49.1 Å². The highest BCUT2D eigenvalue weighted by Gasteiger charge is 2.18. The third kappa shape index (κ3) is 5.48. The van der Waals surface area contributed by atoms with E-state index in [1.54, 1.807) is 14.0 Å². The molecule has 5 heteroatoms. The van der Waals surface area contributed by atoms with Crippen LogP contribution in [-0.2, 0) is 16.0 Å². The van der Waals surface area contributed by atoms with Gasteiger partial charge in [-0.25, -0.2) is 0 Å². The van der Waals surface area contributed by atoms with Crippen LogP contribution in [0.3, 0.4) is 0 Å². The quantitative estimate of drug-likeness (QED) is 0.691. The third-order valence-electron chi connectivity index (χ3n) is 4.27. The van der Waals surface area contributed by atoms with Gasteiger partial charge in [-0.3, -0.25) is 4.79 Å². The van der Waals surface area contributed by atoms with E-state index in [0.29, 0.717) is 24.5 Å². The maximum Gasteiger partial charge on any atom is 0.308 e. The van der Waals surface area contributed by atoms with Gasteiger partial charge in [0.1, 0.15) is 5.75 Å². The van der Waals surface area contributed by atoms with Crippen LogP contribution in [0.2, 0.25) is 5.02 Å². The molecule has 1 unspecified atom stereocenters. The van der Waals surface area contributed by atoms with E-state index < -0.39 is 0 Å². The number of carbonyl (C=O) groups is 1. The average molecular weight is 376 g/mol. The first-order valence-electron chi connectivity index (χ1n) is 8.79. The predicted octanol–water partition coefficient (Wildman–Crippen LogP) is 4.47. The van der Waals surface area contributed by atoms with Crippen LogP contribution in [0.15, 0.2) is 42.5 Å². The number of methoxy groups -OCH3 is 1. The second-order valence-corrected chi connectivity index (χ2v) is 6.83. The zero-order valence-corrected chi connectivity index (χ0v) is 16.3. The minimum absolute atomic E-state index is 0.0963. The molecule has 2 aromatic carbocycles. The summed E-state index contributed by atoms with van der Waals surface area (Å²) < 4.78 is 10.4. The molecule has 26 heavy (non-hydrogen) atoms. The van der Waals surface area contributed by atoms with Gasteiger partial charge in [-0.2, -0.15) is 0 Å². The Balaban J connectivity index is 2.04. The topological polar surface area (TPSA) is 61.5 Å². The van der Waals surface area contributed by atoms with Gasteiger partial charge in [0.05, 0.1) is 19.6 Å². The number of halogens is 1. The minimum Gasteiger partial charge on any atom is -0.496 e. The minimum atomic E-state index is -0.194. The molecule has 4 nitrogen and oxygen atoms in total. The summed E-state index contributed by atoms with van der Waals surface area (Å²) >= 11 is 6.11. The summed E-state index contributed by atoms with van der Waals surface area (Å²) in [6.07, 6.45) is 1.30. The smallest absolute Gasteiger partial charge is 0.308 e. The van der Waals surface area contributed by atoms with Gasteiger partial charge < -0.3 is 15.2 Å². The fourth-order valence-electron chi connectivity index (χ4n) is 2.95. The maximum atomic E-state index is 11.7. The molecular weight excluding hydrogens is 350 g/mol. The Kier molecular flexibility index (Phi) is 7.49. The zero-order chi connectivity index (χ0) is 19.1. The molecule has 0 bridgehead atoms. The van der Waals surface area contributed by atoms with E-state index >= 15 is 0 Å². The first-order chi connectivity index (χ1) is 12.4. The van der Waals surface area contributed by atoms with Crippen LogP contribution in [0.5, 0.6) is 5.75 Å². The van der Waals surface area contributed by atoms with Crippen LogP contribution in [0.25, 0.3) is 11.1 Å². The molecule has 0 aliphatic heterocycles. The standard InChI is InChI=1S/C21H26ClNO3/c1-4-26-21(24)14(2)11-18(23)12-15-5-7-16(8-6-15)19-13-17(22)9-10-20(19)25-3/h5-10,13-14,18H,4,11-12,23H2,1-3H3/t14?,18-/m0/s1. The van der Waals surface area contributed by atoms with Crippen LogP contribution >= 0.6 is 11.6 Å². The third-order valence-corrected chi connectivity index (χ3v) is 4.50. The Morgan fingerprint density at radius 3 is 2.50 bits per heavy atom. The maximum absolute atomic E-state index is 11.7. The molecule has 0 aliphatic carbocycles. The van der Waals surface area contributed by atoms with Crippen molar-refractivity contribution in [3.8, 4) is 16.9 Å². The molecule has 140 valence electrons. The highest BCUT2D eigenvalue weighted by molar-refractivity contribution is 6.31. The van der Waals surface area contributed by atoms with Crippen molar-refractivity contribution in [2.24, 2.45) is 11.7 Å². The van der Waals surface area contributed by atoms with E-state index in [9.17, 15) is 4.79 Å². The first-order valence-corrected chi connectivity index (χ1v) is 9.17. The van der Waals surface area contributed by atoms with Gasteiger partial charge in [-0.15, -0.1) is 0 Å². The summed E-state index contributed by atoms with van der Waals surface area (Å²) in [5.74, 6) is 0.397. The van der Waals surface area contributed by atoms with E-state index in [0.717, 1.165) is 22.4 Å². The lowest BCUT2D eigenvalue weighted by atomic mass is 9.95. The van der Waals surface area contributed by atoms with Crippen molar-refractivity contribution in [1.29, 1.82) is 0 Å². The summed E-state index contributed by atoms with van der Waals surface area (Å²) in [4.78, 5) is 11.7. The van der Waals surface area contributed by atoms with Crippen LogP contribution in [0.1, 0.15) is 25.8 Å². The number of hydrogen-bond acceptors (Lipinski definition) is 4. The highest BCUT2D eigenvalue weighted by atomic mass is 35.5. The second-order valence-electron chi connectivity index (χ2n) is 6.39. The van der Waals surface area contributed by atoms with Crippen molar-refractivity contribution >= 4 is 17.6 Å². The van der Waals surface area contributed by atoms with Crippen LogP contribution in [0, 0.1) is 5.92 Å². The number of rotatable bonds is 8. The Morgan fingerprint density at radius 2 is 1.88 bits per heavy atom. The molecule has 0 spiro atoms. The molecular formula is C21H26ClNO3. The van der Waals surface area contributed by atoms with Gasteiger partial charge in [0.2, 0.25) is 0 Å². The molecule has 0 aliphatic rings. The van der Waals surface area contributed by atoms with Crippen LogP contribution < -0.4 is 10.5 Å². The van der Waals surface area contributed by atoms with Crippen molar-refractivity contribution in [3.05, 3.63) is 53.1 Å². The van der Waals surface area contributed by atoms with E-state index in [-0.39, 0.29) is 17.9 Å². The Hall–Kier alpha value is -2.04. The zero-order valence-electron chi connectivity index (χ0n) is 15.5. The lowest BCUT2D eigenvalue weighted by Crippen LogP contribution is -2.29. The number of hydrogen-bond donors (Lipinski definition) is 1. The molecule has 0 saturated heterocycles. The summed E-state index contributed by atoms with van der Waals surface area (Å²) in [7, 11) is 1.64. The molecule has 0 saturated carbocycles. The Morgan fingerprint density at radius 1 is 1.19 bits per heavy atom. The normalized spacial score (nSPS) is 13.1. The van der Waals surface area contributed by atoms with Gasteiger partial charge in [0, 0.05) is 16.6 Å². The van der Waals surface area contributed by atoms with Gasteiger partial charge in [-0.1, -0.05) is 42.8 Å². The molecule has 0 aromatic heterocycles. The average Bonchev–Trinajstić information content (AvgIpc) is 2.62. The summed E-state index contributed by atoms with van der Waals surface area (Å²) in [5.41, 5.74) is 9.31. The van der Waals surface area contributed by atoms with Crippen molar-refractivity contribution in [3.63, 3.8) is 0 Å². The SMILES string of the molecule is CCOC(=O)C(C)C[C@H](N)Cc1ccc(-c2cc(Cl)ccc2OC)cc1. The Bertz CT molecular complexity index is 731. The van der Waals surface area contributed by atoms with E-state index in [1.807, 2.05) is 49.4 Å². The van der Waals surface area contributed by atoms with Crippen LogP contribution in [-0.4, -0.2) is 25.7 Å². The molecule has 0 heterocycles. The molecule has 0 amide bonds. The van der Waals surface area contributed by atoms with Gasteiger partial charge in [0.25, 0.3) is 0 Å². The fraction of sp³-hybridized carbons (Fsp3) is 0.381. The number of carbonyl (C=O) groups excluding carboxylic acids is 1. The van der Waals surface area contributed by atoms with Crippen molar-refractivity contribution in [1.82, 2.24) is 0 Å². The van der Waals surface area contributed by atoms with Crippen molar-refractivity contribution in [2.45, 2.75) is 32.7 Å². The second kappa shape index (κ2) is 9.60. The van der Waals surface area contributed by atoms with Crippen molar-refractivity contribution in [2.75, 3.05) is 13.7 Å². The molecule has 0 radical (unpaired) electrons. The number of esters is 1. The lowest BCUT2D eigenvalue weighted by molar-refractivity contribution is -0.147. The number of ether oxygens (including phenoxy) is 2. The predicted molar refractivity (Wildman–Crippen MR) is 106 cm³/mol. The van der Waals surface area contributed by atoms with Crippen molar-refractivity contribution < 1.29 is 14.3 Å². The summed E-state index contributed by atoms with van der Waals surface area (Å²) in [6.45, 7) is 4.06. The first kappa shape index (κ1) is 20.3. The summed E-state index contributed by atoms with van der Waals surface area (Å²) in [5, 5.41) is 0.667. The van der Waals surface area contributed by atoms with Gasteiger partial charge in [0.15, 0.2) is 0 Å². The molecule has 0 fully saturated rings. The van der Waals surface area contributed by atoms with E-state index in [4.69, 9.17) is 26.8 Å². The van der Waals surface area contributed by atoms with E-state index in [1.165, 1.54) is 0 Å². The Labute approximate surface area is 160 Å². The van der Waals surface area contributed by atoms with Gasteiger partial charge >= 0.3 is 5.97 Å². The molecule has 2 aromatic rings. The molecule has 2 atom stereocenters. The fourth-order valence-corrected chi connectivity index (χ4v) is 3.12. The largest absolute Gasteiger partial charge is 0.496 e. The van der Waals surface area contributed by atoms with E-state index in [2.05, 4.69) is 0 Å². The molecule has 2 N–H and O–H groups in total. The number of nitrogens with two attached hydrogens (primary N) is 1. The monoisotopic (exact) mass is 375 g/mol. The summed E-state index contributed by atoms with van der Waals surface area (Å²) in [6, 6.07) is 13.6. The molecule has 2 rings (SSSR count). The highest BCUT2D eigenvalue weighted by Crippen LogP contribution is 2.32. The lowest BCUT2D eigenvalue weighted by Gasteiger charge is -2.16. The van der Waals surface area contributed by atoms with Crippen LogP contribution in [0.4, 0.5) is 0 Å².